The SMILES string of the molecule is CC1CCC2(CC1)OCCNC2C(C)C. The molecule has 1 unspecified atom stereocenters. The number of hydrogen-bond acceptors (Lipinski definition) is 2. The fourth-order valence-electron chi connectivity index (χ4n) is 3.29. The fraction of sp³-hybridized carbons (Fsp3) is 1.00. The van der Waals surface area contributed by atoms with Crippen molar-refractivity contribution in [1.29, 1.82) is 0 Å². The van der Waals surface area contributed by atoms with Gasteiger partial charge in [0.25, 0.3) is 0 Å². The van der Waals surface area contributed by atoms with Gasteiger partial charge >= 0.3 is 0 Å². The van der Waals surface area contributed by atoms with Gasteiger partial charge in [-0.25, -0.2) is 0 Å². The van der Waals surface area contributed by atoms with Gasteiger partial charge in [-0.3, -0.25) is 0 Å². The summed E-state index contributed by atoms with van der Waals surface area (Å²) in [5, 5.41) is 3.67. The van der Waals surface area contributed by atoms with Crippen LogP contribution < -0.4 is 5.32 Å². The Morgan fingerprint density at radius 3 is 2.53 bits per heavy atom. The van der Waals surface area contributed by atoms with E-state index in [1.54, 1.807) is 0 Å². The largest absolute Gasteiger partial charge is 0.372 e. The van der Waals surface area contributed by atoms with E-state index in [1.165, 1.54) is 25.7 Å². The molecular formula is C13H25NO. The molecule has 1 spiro atoms. The van der Waals surface area contributed by atoms with E-state index in [9.17, 15) is 0 Å². The van der Waals surface area contributed by atoms with Gasteiger partial charge < -0.3 is 10.1 Å². The lowest BCUT2D eigenvalue weighted by Gasteiger charge is -2.49. The highest BCUT2D eigenvalue weighted by molar-refractivity contribution is 4.99. The van der Waals surface area contributed by atoms with Crippen molar-refractivity contribution in [3.8, 4) is 0 Å². The van der Waals surface area contributed by atoms with Crippen LogP contribution in [0.15, 0.2) is 0 Å². The van der Waals surface area contributed by atoms with Crippen LogP contribution in [-0.4, -0.2) is 24.8 Å². The van der Waals surface area contributed by atoms with Crippen LogP contribution in [0.1, 0.15) is 46.5 Å². The Balaban J connectivity index is 2.08. The van der Waals surface area contributed by atoms with Crippen LogP contribution >= 0.6 is 0 Å². The minimum Gasteiger partial charge on any atom is -0.372 e. The van der Waals surface area contributed by atoms with E-state index in [0.717, 1.165) is 19.1 Å². The molecule has 2 fully saturated rings. The molecule has 88 valence electrons. The molecule has 0 aromatic heterocycles. The number of morpholine rings is 1. The van der Waals surface area contributed by atoms with Gasteiger partial charge in [0.05, 0.1) is 12.2 Å². The molecule has 2 aliphatic rings. The van der Waals surface area contributed by atoms with Gasteiger partial charge in [-0.1, -0.05) is 20.8 Å². The van der Waals surface area contributed by atoms with Gasteiger partial charge in [-0.2, -0.15) is 0 Å². The Morgan fingerprint density at radius 2 is 1.93 bits per heavy atom. The predicted octanol–water partition coefficient (Wildman–Crippen LogP) is 2.58. The summed E-state index contributed by atoms with van der Waals surface area (Å²) in [6, 6.07) is 0.568. The maximum absolute atomic E-state index is 6.17. The van der Waals surface area contributed by atoms with Crippen molar-refractivity contribution in [2.24, 2.45) is 11.8 Å². The zero-order valence-electron chi connectivity index (χ0n) is 10.4. The first-order chi connectivity index (χ1) is 7.14. The first-order valence-corrected chi connectivity index (χ1v) is 6.51. The predicted molar refractivity (Wildman–Crippen MR) is 62.9 cm³/mol. The Bertz CT molecular complexity index is 207. The van der Waals surface area contributed by atoms with Gasteiger partial charge in [0.2, 0.25) is 0 Å². The standard InChI is InChI=1S/C13H25NO/c1-10(2)12-13(15-9-8-14-12)6-4-11(3)5-7-13/h10-12,14H,4-9H2,1-3H3. The van der Waals surface area contributed by atoms with Crippen LogP contribution in [0.25, 0.3) is 0 Å². The molecule has 2 rings (SSSR count). The summed E-state index contributed by atoms with van der Waals surface area (Å²) in [4.78, 5) is 0. The quantitative estimate of drug-likeness (QED) is 0.720. The average molecular weight is 211 g/mol. The molecule has 1 aliphatic heterocycles. The van der Waals surface area contributed by atoms with Crippen molar-refractivity contribution < 1.29 is 4.74 Å². The lowest BCUT2D eigenvalue weighted by atomic mass is 9.72. The van der Waals surface area contributed by atoms with E-state index in [4.69, 9.17) is 4.74 Å². The molecule has 1 heterocycles. The van der Waals surface area contributed by atoms with E-state index in [-0.39, 0.29) is 5.60 Å². The molecule has 1 N–H and O–H groups in total. The molecule has 1 saturated carbocycles. The van der Waals surface area contributed by atoms with Gasteiger partial charge in [-0.05, 0) is 37.5 Å². The Hall–Kier alpha value is -0.0800. The molecule has 0 radical (unpaired) electrons. The van der Waals surface area contributed by atoms with Crippen LogP contribution in [0.5, 0.6) is 0 Å². The Labute approximate surface area is 93.8 Å². The Kier molecular flexibility index (Phi) is 3.36. The molecule has 1 aliphatic carbocycles. The molecule has 0 aromatic rings. The van der Waals surface area contributed by atoms with Crippen LogP contribution in [0.4, 0.5) is 0 Å². The molecule has 0 bridgehead atoms. The Morgan fingerprint density at radius 1 is 1.27 bits per heavy atom. The van der Waals surface area contributed by atoms with Gasteiger partial charge in [0.15, 0.2) is 0 Å². The highest BCUT2D eigenvalue weighted by Crippen LogP contribution is 2.40. The summed E-state index contributed by atoms with van der Waals surface area (Å²) in [6.45, 7) is 8.92. The summed E-state index contributed by atoms with van der Waals surface area (Å²) in [7, 11) is 0. The normalized spacial score (nSPS) is 42.4. The summed E-state index contributed by atoms with van der Waals surface area (Å²) >= 11 is 0. The van der Waals surface area contributed by atoms with Crippen LogP contribution in [0.3, 0.4) is 0 Å². The van der Waals surface area contributed by atoms with Crippen molar-refractivity contribution in [1.82, 2.24) is 5.32 Å². The third-order valence-corrected chi connectivity index (χ3v) is 4.21. The number of rotatable bonds is 1. The average Bonchev–Trinajstić information content (AvgIpc) is 2.23. The minimum atomic E-state index is 0.166. The van der Waals surface area contributed by atoms with Crippen LogP contribution in [0, 0.1) is 11.8 Å². The first-order valence-electron chi connectivity index (χ1n) is 6.51. The summed E-state index contributed by atoms with van der Waals surface area (Å²) < 4.78 is 6.17. The van der Waals surface area contributed by atoms with E-state index in [2.05, 4.69) is 26.1 Å². The summed E-state index contributed by atoms with van der Waals surface area (Å²) in [6.07, 6.45) is 5.18. The van der Waals surface area contributed by atoms with E-state index in [1.807, 2.05) is 0 Å². The van der Waals surface area contributed by atoms with Crippen molar-refractivity contribution >= 4 is 0 Å². The molecule has 2 nitrogen and oxygen atoms in total. The summed E-state index contributed by atoms with van der Waals surface area (Å²) in [5.74, 6) is 1.58. The summed E-state index contributed by atoms with van der Waals surface area (Å²) in [5.41, 5.74) is 0.166. The van der Waals surface area contributed by atoms with Crippen LogP contribution in [-0.2, 0) is 4.74 Å². The molecule has 2 heteroatoms. The smallest absolute Gasteiger partial charge is 0.0838 e. The highest BCUT2D eigenvalue weighted by Gasteiger charge is 2.44. The molecule has 1 atom stereocenters. The van der Waals surface area contributed by atoms with Crippen molar-refractivity contribution in [3.63, 3.8) is 0 Å². The minimum absolute atomic E-state index is 0.166. The van der Waals surface area contributed by atoms with E-state index < -0.39 is 0 Å². The molecule has 0 aromatic carbocycles. The van der Waals surface area contributed by atoms with Crippen molar-refractivity contribution in [2.45, 2.75) is 58.1 Å². The van der Waals surface area contributed by atoms with Crippen molar-refractivity contribution in [3.05, 3.63) is 0 Å². The number of ether oxygens (including phenoxy) is 1. The first kappa shape index (κ1) is 11.4. The van der Waals surface area contributed by atoms with Crippen LogP contribution in [0.2, 0.25) is 0 Å². The maximum Gasteiger partial charge on any atom is 0.0838 e. The number of nitrogens with one attached hydrogen (secondary N) is 1. The molecule has 15 heavy (non-hydrogen) atoms. The zero-order chi connectivity index (χ0) is 10.9. The van der Waals surface area contributed by atoms with Gasteiger partial charge in [-0.15, -0.1) is 0 Å². The third-order valence-electron chi connectivity index (χ3n) is 4.21. The molecular weight excluding hydrogens is 186 g/mol. The lowest BCUT2D eigenvalue weighted by Crippen LogP contribution is -2.61. The highest BCUT2D eigenvalue weighted by atomic mass is 16.5. The lowest BCUT2D eigenvalue weighted by molar-refractivity contribution is -0.132. The van der Waals surface area contributed by atoms with Gasteiger partial charge in [0, 0.05) is 12.6 Å². The number of hydrogen-bond donors (Lipinski definition) is 1. The monoisotopic (exact) mass is 211 g/mol. The van der Waals surface area contributed by atoms with E-state index in [0.29, 0.717) is 12.0 Å². The fourth-order valence-corrected chi connectivity index (χ4v) is 3.29. The third kappa shape index (κ3) is 2.21. The zero-order valence-corrected chi connectivity index (χ0v) is 10.4. The van der Waals surface area contributed by atoms with Crippen molar-refractivity contribution in [2.75, 3.05) is 13.2 Å². The van der Waals surface area contributed by atoms with Gasteiger partial charge in [0.1, 0.15) is 0 Å². The second-order valence-corrected chi connectivity index (χ2v) is 5.77. The molecule has 1 saturated heterocycles. The second-order valence-electron chi connectivity index (χ2n) is 5.77. The maximum atomic E-state index is 6.17. The topological polar surface area (TPSA) is 21.3 Å². The second kappa shape index (κ2) is 4.42. The van der Waals surface area contributed by atoms with E-state index >= 15 is 0 Å². The molecule has 0 amide bonds.